The number of carbonyl (C=O) groups excluding carboxylic acids is 1. The van der Waals surface area contributed by atoms with Crippen LogP contribution in [0.3, 0.4) is 0 Å². The highest BCUT2D eigenvalue weighted by atomic mass is 16.5. The van der Waals surface area contributed by atoms with E-state index in [2.05, 4.69) is 5.32 Å². The van der Waals surface area contributed by atoms with Gasteiger partial charge in [0.25, 0.3) is 5.91 Å². The fraction of sp³-hybridized carbons (Fsp3) is 0.467. The number of aromatic carboxylic acids is 1. The summed E-state index contributed by atoms with van der Waals surface area (Å²) in [5.74, 6) is -1.10. The number of carboxylic acids is 1. The first-order valence-electron chi connectivity index (χ1n) is 6.70. The van der Waals surface area contributed by atoms with E-state index in [1.807, 2.05) is 13.8 Å². The number of carbonyl (C=O) groups is 2. The predicted molar refractivity (Wildman–Crippen MR) is 76.1 cm³/mol. The molecule has 1 rings (SSSR count). The lowest BCUT2D eigenvalue weighted by molar-refractivity contribution is -0.123. The molecule has 0 fully saturated rings. The Morgan fingerprint density at radius 3 is 2.70 bits per heavy atom. The minimum atomic E-state index is -1.07. The van der Waals surface area contributed by atoms with Crippen molar-refractivity contribution < 1.29 is 19.4 Å². The van der Waals surface area contributed by atoms with Gasteiger partial charge in [-0.05, 0) is 32.4 Å². The van der Waals surface area contributed by atoms with Gasteiger partial charge in [0.05, 0.1) is 0 Å². The number of hydrogen-bond donors (Lipinski definition) is 2. The maximum absolute atomic E-state index is 11.7. The molecule has 5 heteroatoms. The molecule has 0 saturated heterocycles. The van der Waals surface area contributed by atoms with Crippen LogP contribution in [-0.4, -0.2) is 29.6 Å². The highest BCUT2D eigenvalue weighted by Gasteiger charge is 2.13. The SMILES string of the molecule is CCCC(C)NC(=O)COc1ccc(C)cc1C(=O)O. The Morgan fingerprint density at radius 1 is 1.40 bits per heavy atom. The predicted octanol–water partition coefficient (Wildman–Crippen LogP) is 2.38. The molecule has 1 unspecified atom stereocenters. The third-order valence-corrected chi connectivity index (χ3v) is 2.85. The summed E-state index contributed by atoms with van der Waals surface area (Å²) in [7, 11) is 0. The van der Waals surface area contributed by atoms with Gasteiger partial charge in [0.15, 0.2) is 6.61 Å². The van der Waals surface area contributed by atoms with E-state index in [-0.39, 0.29) is 29.9 Å². The zero-order chi connectivity index (χ0) is 15.1. The van der Waals surface area contributed by atoms with Crippen LogP contribution in [0.5, 0.6) is 5.75 Å². The third-order valence-electron chi connectivity index (χ3n) is 2.85. The van der Waals surface area contributed by atoms with Gasteiger partial charge in [-0.1, -0.05) is 25.0 Å². The van der Waals surface area contributed by atoms with Crippen molar-refractivity contribution in [1.82, 2.24) is 5.32 Å². The molecule has 0 spiro atoms. The third kappa shape index (κ3) is 4.91. The molecule has 0 radical (unpaired) electrons. The largest absolute Gasteiger partial charge is 0.483 e. The first-order chi connectivity index (χ1) is 9.43. The summed E-state index contributed by atoms with van der Waals surface area (Å²) >= 11 is 0. The molecule has 1 atom stereocenters. The molecule has 0 heterocycles. The topological polar surface area (TPSA) is 75.6 Å². The molecule has 0 aliphatic carbocycles. The van der Waals surface area contributed by atoms with Gasteiger partial charge in [0, 0.05) is 6.04 Å². The molecule has 1 amide bonds. The molecule has 0 bridgehead atoms. The standard InChI is InChI=1S/C15H21NO4/c1-4-5-11(3)16-14(17)9-20-13-7-6-10(2)8-12(13)15(18)19/h6-8,11H,4-5,9H2,1-3H3,(H,16,17)(H,18,19). The summed E-state index contributed by atoms with van der Waals surface area (Å²) in [4.78, 5) is 22.8. The van der Waals surface area contributed by atoms with Gasteiger partial charge in [-0.25, -0.2) is 4.79 Å². The lowest BCUT2D eigenvalue weighted by Crippen LogP contribution is -2.36. The normalized spacial score (nSPS) is 11.8. The van der Waals surface area contributed by atoms with E-state index in [9.17, 15) is 9.59 Å². The highest BCUT2D eigenvalue weighted by Crippen LogP contribution is 2.19. The van der Waals surface area contributed by atoms with Gasteiger partial charge in [-0.3, -0.25) is 4.79 Å². The number of rotatable bonds is 7. The zero-order valence-corrected chi connectivity index (χ0v) is 12.1. The first-order valence-corrected chi connectivity index (χ1v) is 6.70. The Morgan fingerprint density at radius 2 is 2.10 bits per heavy atom. The van der Waals surface area contributed by atoms with Crippen LogP contribution < -0.4 is 10.1 Å². The van der Waals surface area contributed by atoms with Gasteiger partial charge in [0.2, 0.25) is 0 Å². The molecule has 20 heavy (non-hydrogen) atoms. The van der Waals surface area contributed by atoms with Crippen LogP contribution in [0.2, 0.25) is 0 Å². The van der Waals surface area contributed by atoms with E-state index < -0.39 is 5.97 Å². The quantitative estimate of drug-likeness (QED) is 0.803. The summed E-state index contributed by atoms with van der Waals surface area (Å²) in [6, 6.07) is 4.93. The lowest BCUT2D eigenvalue weighted by atomic mass is 10.1. The second-order valence-corrected chi connectivity index (χ2v) is 4.85. The number of benzene rings is 1. The Kier molecular flexibility index (Phi) is 6.03. The lowest BCUT2D eigenvalue weighted by Gasteiger charge is -2.14. The monoisotopic (exact) mass is 279 g/mol. The fourth-order valence-corrected chi connectivity index (χ4v) is 1.90. The number of ether oxygens (including phenoxy) is 1. The molecule has 0 saturated carbocycles. The number of hydrogen-bond acceptors (Lipinski definition) is 3. The van der Waals surface area contributed by atoms with Gasteiger partial charge in [-0.15, -0.1) is 0 Å². The van der Waals surface area contributed by atoms with Crippen LogP contribution in [0.15, 0.2) is 18.2 Å². The first kappa shape index (κ1) is 16.0. The molecule has 5 nitrogen and oxygen atoms in total. The molecular weight excluding hydrogens is 258 g/mol. The van der Waals surface area contributed by atoms with Crippen molar-refractivity contribution in [3.8, 4) is 5.75 Å². The van der Waals surface area contributed by atoms with Crippen molar-refractivity contribution in [2.45, 2.75) is 39.7 Å². The summed E-state index contributed by atoms with van der Waals surface area (Å²) < 4.78 is 5.30. The van der Waals surface area contributed by atoms with Crippen molar-refractivity contribution >= 4 is 11.9 Å². The second-order valence-electron chi connectivity index (χ2n) is 4.85. The Hall–Kier alpha value is -2.04. The summed E-state index contributed by atoms with van der Waals surface area (Å²) in [6.45, 7) is 5.59. The van der Waals surface area contributed by atoms with Crippen LogP contribution in [0.25, 0.3) is 0 Å². The average Bonchev–Trinajstić information content (AvgIpc) is 2.37. The van der Waals surface area contributed by atoms with Crippen molar-refractivity contribution in [2.24, 2.45) is 0 Å². The van der Waals surface area contributed by atoms with E-state index >= 15 is 0 Å². The molecular formula is C15H21NO4. The minimum absolute atomic E-state index is 0.0689. The van der Waals surface area contributed by atoms with Crippen molar-refractivity contribution in [3.63, 3.8) is 0 Å². The molecule has 0 aliphatic heterocycles. The Balaban J connectivity index is 2.61. The second kappa shape index (κ2) is 7.53. The maximum atomic E-state index is 11.7. The molecule has 1 aromatic rings. The van der Waals surface area contributed by atoms with Gasteiger partial charge < -0.3 is 15.2 Å². The van der Waals surface area contributed by atoms with Gasteiger partial charge in [-0.2, -0.15) is 0 Å². The highest BCUT2D eigenvalue weighted by molar-refractivity contribution is 5.91. The van der Waals surface area contributed by atoms with Crippen LogP contribution >= 0.6 is 0 Å². The molecule has 110 valence electrons. The van der Waals surface area contributed by atoms with Crippen molar-refractivity contribution in [1.29, 1.82) is 0 Å². The smallest absolute Gasteiger partial charge is 0.339 e. The summed E-state index contributed by atoms with van der Waals surface area (Å²) in [5.41, 5.74) is 0.898. The molecule has 0 aromatic heterocycles. The van der Waals surface area contributed by atoms with E-state index in [0.29, 0.717) is 0 Å². The average molecular weight is 279 g/mol. The zero-order valence-electron chi connectivity index (χ0n) is 12.1. The molecule has 0 aliphatic rings. The summed E-state index contributed by atoms with van der Waals surface area (Å²) in [5, 5.41) is 11.9. The Labute approximate surface area is 118 Å². The molecule has 2 N–H and O–H groups in total. The van der Waals surface area contributed by atoms with Crippen LogP contribution in [-0.2, 0) is 4.79 Å². The van der Waals surface area contributed by atoms with E-state index in [1.54, 1.807) is 19.1 Å². The van der Waals surface area contributed by atoms with Crippen LogP contribution in [0, 0.1) is 6.92 Å². The number of carboxylic acid groups (broad SMARTS) is 1. The number of aryl methyl sites for hydroxylation is 1. The van der Waals surface area contributed by atoms with Crippen molar-refractivity contribution in [2.75, 3.05) is 6.61 Å². The maximum Gasteiger partial charge on any atom is 0.339 e. The fourth-order valence-electron chi connectivity index (χ4n) is 1.90. The number of amides is 1. The summed E-state index contributed by atoms with van der Waals surface area (Å²) in [6.07, 6.45) is 1.89. The Bertz CT molecular complexity index is 485. The molecule has 1 aromatic carbocycles. The van der Waals surface area contributed by atoms with E-state index in [0.717, 1.165) is 18.4 Å². The van der Waals surface area contributed by atoms with Crippen LogP contribution in [0.1, 0.15) is 42.6 Å². The van der Waals surface area contributed by atoms with E-state index in [1.165, 1.54) is 6.07 Å². The number of nitrogens with one attached hydrogen (secondary N) is 1. The van der Waals surface area contributed by atoms with Gasteiger partial charge in [0.1, 0.15) is 11.3 Å². The van der Waals surface area contributed by atoms with Gasteiger partial charge >= 0.3 is 5.97 Å². The minimum Gasteiger partial charge on any atom is -0.483 e. The van der Waals surface area contributed by atoms with E-state index in [4.69, 9.17) is 9.84 Å². The van der Waals surface area contributed by atoms with Crippen molar-refractivity contribution in [3.05, 3.63) is 29.3 Å². The van der Waals surface area contributed by atoms with Crippen LogP contribution in [0.4, 0.5) is 0 Å².